The van der Waals surface area contributed by atoms with Crippen molar-refractivity contribution in [3.63, 3.8) is 0 Å². The summed E-state index contributed by atoms with van der Waals surface area (Å²) in [5.41, 5.74) is 12.5. The maximum atomic E-state index is 10.9. The standard InChI is InChI=1S/C8H12N2O2S/c1-13(11,12)5-6-2-3-7(9)8(10)4-6/h2-4H,5,9-10H2,1H3. The molecule has 0 saturated carbocycles. The molecule has 1 aromatic carbocycles. The number of sulfone groups is 1. The summed E-state index contributed by atoms with van der Waals surface area (Å²) >= 11 is 0. The zero-order chi connectivity index (χ0) is 10.1. The Morgan fingerprint density at radius 2 is 1.85 bits per heavy atom. The van der Waals surface area contributed by atoms with Crippen molar-refractivity contribution in [3.8, 4) is 0 Å². The molecule has 4 nitrogen and oxygen atoms in total. The van der Waals surface area contributed by atoms with E-state index in [-0.39, 0.29) is 5.75 Å². The average molecular weight is 200 g/mol. The number of nitrogen functional groups attached to an aromatic ring is 2. The van der Waals surface area contributed by atoms with Crippen molar-refractivity contribution in [2.75, 3.05) is 17.7 Å². The van der Waals surface area contributed by atoms with Crippen LogP contribution in [0.4, 0.5) is 11.4 Å². The zero-order valence-corrected chi connectivity index (χ0v) is 8.14. The third-order valence-electron chi connectivity index (χ3n) is 1.58. The van der Waals surface area contributed by atoms with Gasteiger partial charge >= 0.3 is 0 Å². The first-order valence-corrected chi connectivity index (χ1v) is 5.76. The van der Waals surface area contributed by atoms with Crippen LogP contribution >= 0.6 is 0 Å². The quantitative estimate of drug-likeness (QED) is 0.676. The molecule has 13 heavy (non-hydrogen) atoms. The van der Waals surface area contributed by atoms with Crippen molar-refractivity contribution in [1.82, 2.24) is 0 Å². The van der Waals surface area contributed by atoms with E-state index in [2.05, 4.69) is 0 Å². The Morgan fingerprint density at radius 1 is 1.23 bits per heavy atom. The van der Waals surface area contributed by atoms with Crippen LogP contribution in [0.5, 0.6) is 0 Å². The van der Waals surface area contributed by atoms with Gasteiger partial charge in [0.05, 0.1) is 17.1 Å². The number of anilines is 2. The summed E-state index contributed by atoms with van der Waals surface area (Å²) in [6.45, 7) is 0. The van der Waals surface area contributed by atoms with Crippen molar-refractivity contribution in [1.29, 1.82) is 0 Å². The zero-order valence-electron chi connectivity index (χ0n) is 7.32. The van der Waals surface area contributed by atoms with Gasteiger partial charge in [-0.15, -0.1) is 0 Å². The molecular formula is C8H12N2O2S. The van der Waals surface area contributed by atoms with Crippen LogP contribution in [-0.2, 0) is 15.6 Å². The molecule has 5 heteroatoms. The first-order valence-electron chi connectivity index (χ1n) is 3.70. The van der Waals surface area contributed by atoms with Gasteiger partial charge in [-0.05, 0) is 17.7 Å². The largest absolute Gasteiger partial charge is 0.397 e. The van der Waals surface area contributed by atoms with Gasteiger partial charge in [-0.25, -0.2) is 8.42 Å². The molecule has 0 aliphatic rings. The molecule has 0 spiro atoms. The van der Waals surface area contributed by atoms with Crippen LogP contribution in [0.1, 0.15) is 5.56 Å². The van der Waals surface area contributed by atoms with Crippen LogP contribution in [0.25, 0.3) is 0 Å². The molecule has 72 valence electrons. The van der Waals surface area contributed by atoms with E-state index in [0.717, 1.165) is 0 Å². The first-order chi connectivity index (χ1) is 5.88. The van der Waals surface area contributed by atoms with Crippen molar-refractivity contribution in [3.05, 3.63) is 23.8 Å². The lowest BCUT2D eigenvalue weighted by Crippen LogP contribution is -2.02. The van der Waals surface area contributed by atoms with Crippen LogP contribution in [0.3, 0.4) is 0 Å². The van der Waals surface area contributed by atoms with Gasteiger partial charge in [0.25, 0.3) is 0 Å². The van der Waals surface area contributed by atoms with Gasteiger partial charge in [-0.3, -0.25) is 0 Å². The summed E-state index contributed by atoms with van der Waals surface area (Å²) in [4.78, 5) is 0. The van der Waals surface area contributed by atoms with Crippen LogP contribution in [0.15, 0.2) is 18.2 Å². The Morgan fingerprint density at radius 3 is 2.31 bits per heavy atom. The molecule has 0 aliphatic heterocycles. The Balaban J connectivity index is 2.99. The lowest BCUT2D eigenvalue weighted by molar-refractivity contribution is 0.601. The molecule has 1 rings (SSSR count). The fourth-order valence-corrected chi connectivity index (χ4v) is 1.80. The monoisotopic (exact) mass is 200 g/mol. The summed E-state index contributed by atoms with van der Waals surface area (Å²) in [7, 11) is -3.00. The number of hydrogen-bond donors (Lipinski definition) is 2. The predicted octanol–water partition coefficient (Wildman–Crippen LogP) is 0.396. The summed E-state index contributed by atoms with van der Waals surface area (Å²) in [6.07, 6.45) is 1.18. The molecule has 0 radical (unpaired) electrons. The molecule has 0 aromatic heterocycles. The molecule has 0 fully saturated rings. The van der Waals surface area contributed by atoms with Gasteiger partial charge in [0, 0.05) is 6.26 Å². The van der Waals surface area contributed by atoms with E-state index < -0.39 is 9.84 Å². The van der Waals surface area contributed by atoms with E-state index >= 15 is 0 Å². The maximum absolute atomic E-state index is 10.9. The summed E-state index contributed by atoms with van der Waals surface area (Å²) in [5, 5.41) is 0. The topological polar surface area (TPSA) is 86.2 Å². The highest BCUT2D eigenvalue weighted by atomic mass is 32.2. The van der Waals surface area contributed by atoms with Crippen LogP contribution < -0.4 is 11.5 Å². The number of hydrogen-bond acceptors (Lipinski definition) is 4. The summed E-state index contributed by atoms with van der Waals surface area (Å²) in [5.74, 6) is -0.00250. The number of rotatable bonds is 2. The molecular weight excluding hydrogens is 188 g/mol. The lowest BCUT2D eigenvalue weighted by atomic mass is 10.2. The second-order valence-electron chi connectivity index (χ2n) is 3.03. The molecule has 0 amide bonds. The van der Waals surface area contributed by atoms with E-state index in [1.165, 1.54) is 6.26 Å². The molecule has 0 bridgehead atoms. The molecule has 4 N–H and O–H groups in total. The number of benzene rings is 1. The third-order valence-corrected chi connectivity index (χ3v) is 2.44. The lowest BCUT2D eigenvalue weighted by Gasteiger charge is -2.03. The van der Waals surface area contributed by atoms with Crippen molar-refractivity contribution < 1.29 is 8.42 Å². The molecule has 0 aliphatic carbocycles. The minimum absolute atomic E-state index is 0.00250. The minimum atomic E-state index is -3.00. The first kappa shape index (κ1) is 9.85. The number of nitrogens with two attached hydrogens (primary N) is 2. The van der Waals surface area contributed by atoms with Gasteiger partial charge in [0.2, 0.25) is 0 Å². The molecule has 0 atom stereocenters. The molecule has 0 heterocycles. The van der Waals surface area contributed by atoms with Crippen LogP contribution in [0.2, 0.25) is 0 Å². The van der Waals surface area contributed by atoms with Crippen molar-refractivity contribution >= 4 is 21.2 Å². The third kappa shape index (κ3) is 2.95. The fraction of sp³-hybridized carbons (Fsp3) is 0.250. The van der Waals surface area contributed by atoms with Gasteiger partial charge in [0.1, 0.15) is 0 Å². The van der Waals surface area contributed by atoms with Crippen molar-refractivity contribution in [2.45, 2.75) is 5.75 Å². The van der Waals surface area contributed by atoms with Gasteiger partial charge in [-0.2, -0.15) is 0 Å². The van der Waals surface area contributed by atoms with Crippen LogP contribution in [0, 0.1) is 0 Å². The normalized spacial score (nSPS) is 11.5. The van der Waals surface area contributed by atoms with Gasteiger partial charge in [0.15, 0.2) is 9.84 Å². The van der Waals surface area contributed by atoms with E-state index in [9.17, 15) is 8.42 Å². The highest BCUT2D eigenvalue weighted by Gasteiger charge is 2.05. The summed E-state index contributed by atoms with van der Waals surface area (Å²) in [6, 6.07) is 4.85. The fourth-order valence-electron chi connectivity index (χ4n) is 1.02. The second-order valence-corrected chi connectivity index (χ2v) is 5.17. The van der Waals surface area contributed by atoms with E-state index in [4.69, 9.17) is 11.5 Å². The predicted molar refractivity (Wildman–Crippen MR) is 53.8 cm³/mol. The smallest absolute Gasteiger partial charge is 0.151 e. The summed E-state index contributed by atoms with van der Waals surface area (Å²) < 4.78 is 21.8. The Kier molecular flexibility index (Phi) is 2.47. The van der Waals surface area contributed by atoms with Gasteiger partial charge in [-0.1, -0.05) is 6.07 Å². The highest BCUT2D eigenvalue weighted by molar-refractivity contribution is 7.89. The van der Waals surface area contributed by atoms with Gasteiger partial charge < -0.3 is 11.5 Å². The van der Waals surface area contributed by atoms with Crippen LogP contribution in [-0.4, -0.2) is 14.7 Å². The minimum Gasteiger partial charge on any atom is -0.397 e. The maximum Gasteiger partial charge on any atom is 0.151 e. The Labute approximate surface area is 77.5 Å². The van der Waals surface area contributed by atoms with E-state index in [1.54, 1.807) is 18.2 Å². The Bertz CT molecular complexity index is 412. The van der Waals surface area contributed by atoms with E-state index in [0.29, 0.717) is 16.9 Å². The highest BCUT2D eigenvalue weighted by Crippen LogP contribution is 2.17. The van der Waals surface area contributed by atoms with E-state index in [1.807, 2.05) is 0 Å². The van der Waals surface area contributed by atoms with Crippen molar-refractivity contribution in [2.24, 2.45) is 0 Å². The molecule has 0 saturated heterocycles. The Hall–Kier alpha value is -1.23. The SMILES string of the molecule is CS(=O)(=O)Cc1ccc(N)c(N)c1. The second kappa shape index (κ2) is 3.26. The average Bonchev–Trinajstić information content (AvgIpc) is 1.94. The molecule has 1 aromatic rings. The molecule has 0 unspecified atom stereocenters.